The van der Waals surface area contributed by atoms with Gasteiger partial charge in [0.15, 0.2) is 0 Å². The van der Waals surface area contributed by atoms with Crippen LogP contribution in [0.5, 0.6) is 0 Å². The molecule has 3 nitrogen and oxygen atoms in total. The lowest BCUT2D eigenvalue weighted by Crippen LogP contribution is -2.14. The largest absolute Gasteiger partial charge is 0.481 e. The molecule has 0 heterocycles. The molecule has 1 aliphatic carbocycles. The van der Waals surface area contributed by atoms with Gasteiger partial charge in [0.25, 0.3) is 0 Å². The first-order valence-corrected chi connectivity index (χ1v) is 4.75. The van der Waals surface area contributed by atoms with Gasteiger partial charge in [-0.3, -0.25) is 4.79 Å². The molecule has 1 N–H and O–H groups in total. The third-order valence-corrected chi connectivity index (χ3v) is 3.20. The highest BCUT2D eigenvalue weighted by Gasteiger charge is 2.61. The smallest absolute Gasteiger partial charge is 0.307 e. The molecule has 1 rings (SSSR count). The fourth-order valence-electron chi connectivity index (χ4n) is 2.17. The minimum Gasteiger partial charge on any atom is -0.481 e. The van der Waals surface area contributed by atoms with Crippen molar-refractivity contribution >= 4 is 5.97 Å². The first-order valence-electron chi connectivity index (χ1n) is 4.75. The minimum absolute atomic E-state index is 0.0157. The van der Waals surface area contributed by atoms with Crippen LogP contribution in [0.3, 0.4) is 0 Å². The summed E-state index contributed by atoms with van der Waals surface area (Å²) in [6.07, 6.45) is 0.997. The molecule has 1 fully saturated rings. The molecule has 1 saturated carbocycles. The Bertz CT molecular complexity index is 211. The Morgan fingerprint density at radius 3 is 2.31 bits per heavy atom. The number of carbonyl (C=O) groups is 1. The number of carboxylic acid groups (broad SMARTS) is 1. The van der Waals surface area contributed by atoms with Crippen LogP contribution in [0.2, 0.25) is 0 Å². The molecule has 0 unspecified atom stereocenters. The molecule has 13 heavy (non-hydrogen) atoms. The third kappa shape index (κ3) is 2.02. The fraction of sp³-hybridized carbons (Fsp3) is 0.900. The van der Waals surface area contributed by atoms with E-state index in [0.717, 1.165) is 13.0 Å². The SMILES string of the molecule is CN(C)CC[C@H]1[C@H](C(=O)O)C1(C)C. The molecule has 0 aromatic heterocycles. The van der Waals surface area contributed by atoms with Gasteiger partial charge in [-0.2, -0.15) is 0 Å². The first-order chi connectivity index (χ1) is 5.87. The Labute approximate surface area is 79.7 Å². The minimum atomic E-state index is -0.631. The van der Waals surface area contributed by atoms with E-state index in [0.29, 0.717) is 5.92 Å². The highest BCUT2D eigenvalue weighted by atomic mass is 16.4. The molecule has 1 aliphatic rings. The lowest BCUT2D eigenvalue weighted by Gasteiger charge is -2.09. The second-order valence-corrected chi connectivity index (χ2v) is 4.84. The van der Waals surface area contributed by atoms with E-state index < -0.39 is 5.97 Å². The summed E-state index contributed by atoms with van der Waals surface area (Å²) in [5.41, 5.74) is 0.0157. The van der Waals surface area contributed by atoms with Crippen LogP contribution in [0.4, 0.5) is 0 Å². The summed E-state index contributed by atoms with van der Waals surface area (Å²) in [5.74, 6) is -0.381. The first kappa shape index (κ1) is 10.5. The molecule has 0 amide bonds. The van der Waals surface area contributed by atoms with Gasteiger partial charge in [0, 0.05) is 0 Å². The van der Waals surface area contributed by atoms with Gasteiger partial charge in [0.2, 0.25) is 0 Å². The Kier molecular flexibility index (Phi) is 2.66. The van der Waals surface area contributed by atoms with Gasteiger partial charge in [0.05, 0.1) is 5.92 Å². The lowest BCUT2D eigenvalue weighted by atomic mass is 10.1. The summed E-state index contributed by atoms with van der Waals surface area (Å²) < 4.78 is 0. The van der Waals surface area contributed by atoms with E-state index in [1.165, 1.54) is 0 Å². The molecule has 76 valence electrons. The van der Waals surface area contributed by atoms with Crippen molar-refractivity contribution in [2.75, 3.05) is 20.6 Å². The Morgan fingerprint density at radius 1 is 1.46 bits per heavy atom. The third-order valence-electron chi connectivity index (χ3n) is 3.20. The van der Waals surface area contributed by atoms with Crippen LogP contribution in [-0.2, 0) is 4.79 Å². The van der Waals surface area contributed by atoms with Crippen molar-refractivity contribution in [1.82, 2.24) is 4.90 Å². The summed E-state index contributed by atoms with van der Waals surface area (Å²) in [7, 11) is 4.04. The summed E-state index contributed by atoms with van der Waals surface area (Å²) >= 11 is 0. The van der Waals surface area contributed by atoms with E-state index in [4.69, 9.17) is 5.11 Å². The van der Waals surface area contributed by atoms with Gasteiger partial charge < -0.3 is 10.0 Å². The van der Waals surface area contributed by atoms with E-state index in [1.54, 1.807) is 0 Å². The fourth-order valence-corrected chi connectivity index (χ4v) is 2.17. The van der Waals surface area contributed by atoms with E-state index in [1.807, 2.05) is 27.9 Å². The summed E-state index contributed by atoms with van der Waals surface area (Å²) in [6.45, 7) is 5.08. The summed E-state index contributed by atoms with van der Waals surface area (Å²) in [6, 6.07) is 0. The number of nitrogens with zero attached hydrogens (tertiary/aromatic N) is 1. The van der Waals surface area contributed by atoms with E-state index >= 15 is 0 Å². The maximum Gasteiger partial charge on any atom is 0.307 e. The zero-order valence-corrected chi connectivity index (χ0v) is 8.87. The molecule has 0 aromatic carbocycles. The van der Waals surface area contributed by atoms with Crippen LogP contribution in [-0.4, -0.2) is 36.6 Å². The quantitative estimate of drug-likeness (QED) is 0.717. The monoisotopic (exact) mass is 185 g/mol. The van der Waals surface area contributed by atoms with E-state index in [2.05, 4.69) is 4.90 Å². The lowest BCUT2D eigenvalue weighted by molar-refractivity contribution is -0.139. The van der Waals surface area contributed by atoms with Crippen molar-refractivity contribution in [3.8, 4) is 0 Å². The number of hydrogen-bond donors (Lipinski definition) is 1. The van der Waals surface area contributed by atoms with Gasteiger partial charge in [0.1, 0.15) is 0 Å². The Balaban J connectivity index is 2.42. The van der Waals surface area contributed by atoms with Crippen molar-refractivity contribution < 1.29 is 9.90 Å². The van der Waals surface area contributed by atoms with Crippen LogP contribution in [0.15, 0.2) is 0 Å². The van der Waals surface area contributed by atoms with E-state index in [-0.39, 0.29) is 11.3 Å². The van der Waals surface area contributed by atoms with Crippen LogP contribution < -0.4 is 0 Å². The number of carboxylic acids is 1. The van der Waals surface area contributed by atoms with Crippen molar-refractivity contribution in [3.05, 3.63) is 0 Å². The molecular formula is C10H19NO2. The van der Waals surface area contributed by atoms with Gasteiger partial charge >= 0.3 is 5.97 Å². The molecule has 2 atom stereocenters. The van der Waals surface area contributed by atoms with Crippen LogP contribution >= 0.6 is 0 Å². The second-order valence-electron chi connectivity index (χ2n) is 4.84. The highest BCUT2D eigenvalue weighted by Crippen LogP contribution is 2.59. The van der Waals surface area contributed by atoms with E-state index in [9.17, 15) is 4.79 Å². The Morgan fingerprint density at radius 2 is 2.00 bits per heavy atom. The number of aliphatic carboxylic acids is 1. The maximum atomic E-state index is 10.8. The second kappa shape index (κ2) is 3.29. The molecule has 0 radical (unpaired) electrons. The zero-order chi connectivity index (χ0) is 10.2. The van der Waals surface area contributed by atoms with Gasteiger partial charge in [-0.1, -0.05) is 13.8 Å². The van der Waals surface area contributed by atoms with Crippen molar-refractivity contribution in [2.45, 2.75) is 20.3 Å². The molecule has 0 saturated heterocycles. The molecule has 0 aliphatic heterocycles. The average molecular weight is 185 g/mol. The maximum absolute atomic E-state index is 10.8. The van der Waals surface area contributed by atoms with Crippen molar-refractivity contribution in [2.24, 2.45) is 17.3 Å². The standard InChI is InChI=1S/C10H19NO2/c1-10(2)7(5-6-11(3)4)8(10)9(12)13/h7-8H,5-6H2,1-4H3,(H,12,13)/t7-,8+/m0/s1. The van der Waals surface area contributed by atoms with Crippen LogP contribution in [0, 0.1) is 17.3 Å². The predicted octanol–water partition coefficient (Wildman–Crippen LogP) is 1.29. The van der Waals surface area contributed by atoms with Gasteiger partial charge in [-0.05, 0) is 38.4 Å². The summed E-state index contributed by atoms with van der Waals surface area (Å²) in [4.78, 5) is 12.9. The predicted molar refractivity (Wildman–Crippen MR) is 51.6 cm³/mol. The molecule has 3 heteroatoms. The molecular weight excluding hydrogens is 166 g/mol. The van der Waals surface area contributed by atoms with Gasteiger partial charge in [-0.25, -0.2) is 0 Å². The zero-order valence-electron chi connectivity index (χ0n) is 8.87. The van der Waals surface area contributed by atoms with Crippen LogP contribution in [0.1, 0.15) is 20.3 Å². The molecule has 0 spiro atoms. The van der Waals surface area contributed by atoms with Gasteiger partial charge in [-0.15, -0.1) is 0 Å². The average Bonchev–Trinajstić information content (AvgIpc) is 2.48. The molecule has 0 aromatic rings. The topological polar surface area (TPSA) is 40.5 Å². The molecule has 0 bridgehead atoms. The van der Waals surface area contributed by atoms with Crippen LogP contribution in [0.25, 0.3) is 0 Å². The summed E-state index contributed by atoms with van der Waals surface area (Å²) in [5, 5.41) is 8.91. The normalized spacial score (nSPS) is 30.5. The Hall–Kier alpha value is -0.570. The van der Waals surface area contributed by atoms with Crippen molar-refractivity contribution in [1.29, 1.82) is 0 Å². The number of hydrogen-bond acceptors (Lipinski definition) is 2. The highest BCUT2D eigenvalue weighted by molar-refractivity contribution is 5.75. The number of rotatable bonds is 4. The van der Waals surface area contributed by atoms with Crippen molar-refractivity contribution in [3.63, 3.8) is 0 Å².